The SMILES string of the molecule is Cc1cc(OCC(O)CNCCn2cccn2)ccc1Cl. The predicted octanol–water partition coefficient (Wildman–Crippen LogP) is 1.87. The van der Waals surface area contributed by atoms with Gasteiger partial charge in [0.25, 0.3) is 0 Å². The summed E-state index contributed by atoms with van der Waals surface area (Å²) in [6.45, 7) is 4.17. The van der Waals surface area contributed by atoms with E-state index < -0.39 is 6.10 Å². The molecule has 0 fully saturated rings. The first-order chi connectivity index (χ1) is 10.1. The number of aromatic nitrogens is 2. The standard InChI is InChI=1S/C15H20ClN3O2/c1-12-9-14(3-4-15(12)16)21-11-13(20)10-17-6-8-19-7-2-5-18-19/h2-5,7,9,13,17,20H,6,8,10-11H2,1H3. The van der Waals surface area contributed by atoms with Gasteiger partial charge in [0.1, 0.15) is 18.5 Å². The van der Waals surface area contributed by atoms with Crippen LogP contribution < -0.4 is 10.1 Å². The molecule has 0 bridgehead atoms. The highest BCUT2D eigenvalue weighted by Gasteiger charge is 2.05. The molecule has 2 N–H and O–H groups in total. The molecule has 1 aromatic carbocycles. The van der Waals surface area contributed by atoms with E-state index in [2.05, 4.69) is 10.4 Å². The smallest absolute Gasteiger partial charge is 0.119 e. The Labute approximate surface area is 129 Å². The molecule has 0 saturated heterocycles. The molecule has 114 valence electrons. The molecule has 0 aliphatic carbocycles. The molecule has 2 aromatic rings. The first-order valence-corrected chi connectivity index (χ1v) is 7.28. The Bertz CT molecular complexity index is 546. The van der Waals surface area contributed by atoms with Crippen molar-refractivity contribution >= 4 is 11.6 Å². The number of benzene rings is 1. The fourth-order valence-corrected chi connectivity index (χ4v) is 1.97. The number of hydrogen-bond acceptors (Lipinski definition) is 4. The average Bonchev–Trinajstić information content (AvgIpc) is 2.98. The van der Waals surface area contributed by atoms with Crippen molar-refractivity contribution in [3.63, 3.8) is 0 Å². The first kappa shape index (κ1) is 15.8. The molecule has 5 nitrogen and oxygen atoms in total. The van der Waals surface area contributed by atoms with E-state index in [9.17, 15) is 5.11 Å². The van der Waals surface area contributed by atoms with Gasteiger partial charge in [-0.2, -0.15) is 5.10 Å². The maximum Gasteiger partial charge on any atom is 0.119 e. The lowest BCUT2D eigenvalue weighted by Crippen LogP contribution is -2.33. The summed E-state index contributed by atoms with van der Waals surface area (Å²) in [7, 11) is 0. The normalized spacial score (nSPS) is 12.3. The lowest BCUT2D eigenvalue weighted by Gasteiger charge is -2.14. The van der Waals surface area contributed by atoms with Gasteiger partial charge in [0.05, 0.1) is 6.54 Å². The van der Waals surface area contributed by atoms with Crippen LogP contribution in [0.5, 0.6) is 5.75 Å². The largest absolute Gasteiger partial charge is 0.491 e. The second-order valence-electron chi connectivity index (χ2n) is 4.85. The summed E-state index contributed by atoms with van der Waals surface area (Å²) < 4.78 is 7.38. The van der Waals surface area contributed by atoms with Gasteiger partial charge in [-0.25, -0.2) is 0 Å². The lowest BCUT2D eigenvalue weighted by atomic mass is 10.2. The van der Waals surface area contributed by atoms with E-state index in [1.165, 1.54) is 0 Å². The predicted molar refractivity (Wildman–Crippen MR) is 82.8 cm³/mol. The number of aliphatic hydroxyl groups excluding tert-OH is 1. The highest BCUT2D eigenvalue weighted by atomic mass is 35.5. The number of nitrogens with one attached hydrogen (secondary N) is 1. The summed E-state index contributed by atoms with van der Waals surface area (Å²) in [6.07, 6.45) is 3.10. The fraction of sp³-hybridized carbons (Fsp3) is 0.400. The van der Waals surface area contributed by atoms with Crippen molar-refractivity contribution in [1.82, 2.24) is 15.1 Å². The van der Waals surface area contributed by atoms with Gasteiger partial charge in [-0.1, -0.05) is 11.6 Å². The van der Waals surface area contributed by atoms with E-state index in [0.717, 1.165) is 18.7 Å². The van der Waals surface area contributed by atoms with Crippen LogP contribution in [-0.4, -0.2) is 40.7 Å². The van der Waals surface area contributed by atoms with Crippen molar-refractivity contribution in [3.05, 3.63) is 47.2 Å². The van der Waals surface area contributed by atoms with E-state index in [0.29, 0.717) is 17.3 Å². The molecule has 1 atom stereocenters. The highest BCUT2D eigenvalue weighted by molar-refractivity contribution is 6.31. The van der Waals surface area contributed by atoms with Crippen LogP contribution in [0.3, 0.4) is 0 Å². The number of aryl methyl sites for hydroxylation is 1. The summed E-state index contributed by atoms with van der Waals surface area (Å²) in [4.78, 5) is 0. The van der Waals surface area contributed by atoms with Gasteiger partial charge in [-0.15, -0.1) is 0 Å². The van der Waals surface area contributed by atoms with Gasteiger partial charge in [-0.05, 0) is 36.8 Å². The molecule has 21 heavy (non-hydrogen) atoms. The monoisotopic (exact) mass is 309 g/mol. The number of hydrogen-bond donors (Lipinski definition) is 2. The minimum Gasteiger partial charge on any atom is -0.491 e. The number of aliphatic hydroxyl groups is 1. The number of halogens is 1. The number of ether oxygens (including phenoxy) is 1. The number of nitrogens with zero attached hydrogens (tertiary/aromatic N) is 2. The Morgan fingerprint density at radius 2 is 2.33 bits per heavy atom. The highest BCUT2D eigenvalue weighted by Crippen LogP contribution is 2.20. The van der Waals surface area contributed by atoms with Crippen molar-refractivity contribution < 1.29 is 9.84 Å². The molecular formula is C15H20ClN3O2. The van der Waals surface area contributed by atoms with Crippen LogP contribution in [0, 0.1) is 6.92 Å². The second kappa shape index (κ2) is 8.02. The quantitative estimate of drug-likeness (QED) is 0.731. The zero-order valence-corrected chi connectivity index (χ0v) is 12.8. The Kier molecular flexibility index (Phi) is 6.04. The van der Waals surface area contributed by atoms with E-state index in [1.807, 2.05) is 29.9 Å². The molecule has 0 saturated carbocycles. The zero-order valence-electron chi connectivity index (χ0n) is 12.0. The van der Waals surface area contributed by atoms with E-state index in [-0.39, 0.29) is 6.61 Å². The van der Waals surface area contributed by atoms with Crippen molar-refractivity contribution in [3.8, 4) is 5.75 Å². The lowest BCUT2D eigenvalue weighted by molar-refractivity contribution is 0.106. The van der Waals surface area contributed by atoms with Gasteiger partial charge in [0.2, 0.25) is 0 Å². The molecule has 1 heterocycles. The maximum atomic E-state index is 9.86. The molecule has 0 aliphatic rings. The average molecular weight is 310 g/mol. The van der Waals surface area contributed by atoms with Gasteiger partial charge in [-0.3, -0.25) is 4.68 Å². The van der Waals surface area contributed by atoms with Crippen LogP contribution in [0.15, 0.2) is 36.7 Å². The minimum absolute atomic E-state index is 0.246. The van der Waals surface area contributed by atoms with Crippen molar-refractivity contribution in [1.29, 1.82) is 0 Å². The molecule has 2 rings (SSSR count). The first-order valence-electron chi connectivity index (χ1n) is 6.90. The third kappa shape index (κ3) is 5.38. The van der Waals surface area contributed by atoms with Crippen LogP contribution in [0.1, 0.15) is 5.56 Å². The van der Waals surface area contributed by atoms with Gasteiger partial charge < -0.3 is 15.2 Å². The Hall–Kier alpha value is -1.56. The van der Waals surface area contributed by atoms with Crippen LogP contribution in [0.2, 0.25) is 5.02 Å². The van der Waals surface area contributed by atoms with E-state index >= 15 is 0 Å². The van der Waals surface area contributed by atoms with E-state index in [1.54, 1.807) is 18.3 Å². The van der Waals surface area contributed by atoms with Crippen LogP contribution >= 0.6 is 11.6 Å². The van der Waals surface area contributed by atoms with E-state index in [4.69, 9.17) is 16.3 Å². The molecule has 0 radical (unpaired) electrons. The molecule has 6 heteroatoms. The molecule has 1 aromatic heterocycles. The second-order valence-corrected chi connectivity index (χ2v) is 5.26. The van der Waals surface area contributed by atoms with Crippen LogP contribution in [0.25, 0.3) is 0 Å². The summed E-state index contributed by atoms with van der Waals surface area (Å²) in [5.41, 5.74) is 0.959. The summed E-state index contributed by atoms with van der Waals surface area (Å²) in [6, 6.07) is 7.34. The van der Waals surface area contributed by atoms with Gasteiger partial charge in [0.15, 0.2) is 0 Å². The third-order valence-corrected chi connectivity index (χ3v) is 3.45. The maximum absolute atomic E-state index is 9.86. The Morgan fingerprint density at radius 1 is 1.48 bits per heavy atom. The fourth-order valence-electron chi connectivity index (χ4n) is 1.85. The van der Waals surface area contributed by atoms with Crippen molar-refractivity contribution in [2.45, 2.75) is 19.6 Å². The third-order valence-electron chi connectivity index (χ3n) is 3.03. The molecule has 0 aliphatic heterocycles. The van der Waals surface area contributed by atoms with Crippen LogP contribution in [0.4, 0.5) is 0 Å². The molecular weight excluding hydrogens is 290 g/mol. The van der Waals surface area contributed by atoms with Crippen molar-refractivity contribution in [2.24, 2.45) is 0 Å². The zero-order chi connectivity index (χ0) is 15.1. The Morgan fingerprint density at radius 3 is 3.05 bits per heavy atom. The van der Waals surface area contributed by atoms with Crippen molar-refractivity contribution in [2.75, 3.05) is 19.7 Å². The molecule has 0 spiro atoms. The van der Waals surface area contributed by atoms with Crippen LogP contribution in [-0.2, 0) is 6.54 Å². The Balaban J connectivity index is 1.62. The summed E-state index contributed by atoms with van der Waals surface area (Å²) >= 11 is 5.95. The topological polar surface area (TPSA) is 59.3 Å². The van der Waals surface area contributed by atoms with Gasteiger partial charge >= 0.3 is 0 Å². The molecule has 1 unspecified atom stereocenters. The summed E-state index contributed by atoms with van der Waals surface area (Å²) in [5, 5.41) is 17.8. The minimum atomic E-state index is -0.557. The van der Waals surface area contributed by atoms with Gasteiger partial charge in [0, 0.05) is 30.5 Å². The molecule has 0 amide bonds. The summed E-state index contributed by atoms with van der Waals surface area (Å²) in [5.74, 6) is 0.715. The number of rotatable bonds is 8.